The van der Waals surface area contributed by atoms with Crippen molar-refractivity contribution in [2.75, 3.05) is 20.7 Å². The number of nitrogens with zero attached hydrogens (tertiary/aromatic N) is 2. The van der Waals surface area contributed by atoms with E-state index in [0.717, 1.165) is 22.3 Å². The third-order valence-corrected chi connectivity index (χ3v) is 4.44. The van der Waals surface area contributed by atoms with Gasteiger partial charge in [-0.1, -0.05) is 12.1 Å². The molecule has 28 heavy (non-hydrogen) atoms. The number of nitrogens with one attached hydrogen (secondary N) is 2. The first-order chi connectivity index (χ1) is 12.8. The predicted molar refractivity (Wildman–Crippen MR) is 112 cm³/mol. The minimum absolute atomic E-state index is 0. The Labute approximate surface area is 181 Å². The van der Waals surface area contributed by atoms with E-state index in [-0.39, 0.29) is 24.0 Å². The van der Waals surface area contributed by atoms with Crippen LogP contribution in [0, 0.1) is 0 Å². The van der Waals surface area contributed by atoms with Crippen molar-refractivity contribution in [1.29, 1.82) is 0 Å². The molecule has 0 radical (unpaired) electrons. The number of esters is 1. The van der Waals surface area contributed by atoms with E-state index < -0.39 is 17.8 Å². The van der Waals surface area contributed by atoms with Crippen LogP contribution < -0.4 is 10.6 Å². The standard InChI is InChI=1S/C17H19F3N4O2S.HI/c1-21-16(22-8-7-14-24-13(10-27-14)17(18,19)20)23-9-11-3-5-12(6-4-11)15(25)26-2;/h3-6,10H,7-9H2,1-2H3,(H2,21,22,23);1H. The summed E-state index contributed by atoms with van der Waals surface area (Å²) in [6.07, 6.45) is -4.06. The molecule has 0 bridgehead atoms. The third kappa shape index (κ3) is 7.26. The van der Waals surface area contributed by atoms with Crippen molar-refractivity contribution in [2.45, 2.75) is 19.1 Å². The fourth-order valence-corrected chi connectivity index (χ4v) is 2.93. The zero-order chi connectivity index (χ0) is 19.9. The van der Waals surface area contributed by atoms with Crippen LogP contribution in [0.5, 0.6) is 0 Å². The Hall–Kier alpha value is -1.89. The third-order valence-electron chi connectivity index (χ3n) is 3.53. The molecule has 1 heterocycles. The maximum atomic E-state index is 12.5. The van der Waals surface area contributed by atoms with Gasteiger partial charge in [-0.15, -0.1) is 35.3 Å². The van der Waals surface area contributed by atoms with Crippen molar-refractivity contribution >= 4 is 47.2 Å². The number of rotatable bonds is 6. The van der Waals surface area contributed by atoms with Gasteiger partial charge in [-0.25, -0.2) is 9.78 Å². The van der Waals surface area contributed by atoms with Crippen LogP contribution in [-0.4, -0.2) is 37.6 Å². The van der Waals surface area contributed by atoms with Crippen molar-refractivity contribution in [3.8, 4) is 0 Å². The number of benzene rings is 1. The van der Waals surface area contributed by atoms with E-state index in [0.29, 0.717) is 36.0 Å². The molecular formula is C17H20F3IN4O2S. The predicted octanol–water partition coefficient (Wildman–Crippen LogP) is 3.47. The summed E-state index contributed by atoms with van der Waals surface area (Å²) in [5, 5.41) is 7.54. The van der Waals surface area contributed by atoms with Crippen molar-refractivity contribution in [1.82, 2.24) is 15.6 Å². The Morgan fingerprint density at radius 2 is 1.93 bits per heavy atom. The normalized spacial score (nSPS) is 11.5. The van der Waals surface area contributed by atoms with Gasteiger partial charge in [0.05, 0.1) is 17.7 Å². The van der Waals surface area contributed by atoms with Gasteiger partial charge in [-0.2, -0.15) is 13.2 Å². The second-order valence-corrected chi connectivity index (χ2v) is 6.36. The largest absolute Gasteiger partial charge is 0.465 e. The lowest BCUT2D eigenvalue weighted by Gasteiger charge is -2.11. The minimum Gasteiger partial charge on any atom is -0.465 e. The van der Waals surface area contributed by atoms with Gasteiger partial charge in [-0.3, -0.25) is 4.99 Å². The molecule has 0 aliphatic rings. The molecule has 2 aromatic rings. The van der Waals surface area contributed by atoms with Crippen LogP contribution in [-0.2, 0) is 23.9 Å². The van der Waals surface area contributed by atoms with Crippen molar-refractivity contribution < 1.29 is 22.7 Å². The number of aromatic nitrogens is 1. The molecule has 2 N–H and O–H groups in total. The average Bonchev–Trinajstić information content (AvgIpc) is 3.13. The lowest BCUT2D eigenvalue weighted by molar-refractivity contribution is -0.140. The molecule has 2 rings (SSSR count). The van der Waals surface area contributed by atoms with Gasteiger partial charge in [0.25, 0.3) is 0 Å². The van der Waals surface area contributed by atoms with Gasteiger partial charge < -0.3 is 15.4 Å². The summed E-state index contributed by atoms with van der Waals surface area (Å²) in [5.41, 5.74) is 0.534. The molecule has 1 aromatic carbocycles. The SMILES string of the molecule is CN=C(NCCc1nc(C(F)(F)F)cs1)NCc1ccc(C(=O)OC)cc1.I. The summed E-state index contributed by atoms with van der Waals surface area (Å²) in [6.45, 7) is 0.863. The van der Waals surface area contributed by atoms with Crippen molar-refractivity contribution in [3.63, 3.8) is 0 Å². The molecule has 0 unspecified atom stereocenters. The van der Waals surface area contributed by atoms with Crippen molar-refractivity contribution in [2.24, 2.45) is 4.99 Å². The molecule has 0 amide bonds. The molecule has 0 saturated carbocycles. The maximum absolute atomic E-state index is 12.5. The van der Waals surface area contributed by atoms with Gasteiger partial charge in [0.2, 0.25) is 0 Å². The van der Waals surface area contributed by atoms with Gasteiger partial charge in [0.1, 0.15) is 0 Å². The number of guanidine groups is 1. The highest BCUT2D eigenvalue weighted by atomic mass is 127. The molecule has 0 aliphatic carbocycles. The van der Waals surface area contributed by atoms with E-state index in [1.807, 2.05) is 0 Å². The van der Waals surface area contributed by atoms with E-state index in [9.17, 15) is 18.0 Å². The molecule has 0 fully saturated rings. The first-order valence-electron chi connectivity index (χ1n) is 7.97. The molecule has 11 heteroatoms. The van der Waals surface area contributed by atoms with E-state index in [1.165, 1.54) is 7.11 Å². The molecule has 6 nitrogen and oxygen atoms in total. The Morgan fingerprint density at radius 3 is 2.46 bits per heavy atom. The average molecular weight is 528 g/mol. The maximum Gasteiger partial charge on any atom is 0.434 e. The number of methoxy groups -OCH3 is 1. The summed E-state index contributed by atoms with van der Waals surface area (Å²) >= 11 is 0.982. The van der Waals surface area contributed by atoms with E-state index >= 15 is 0 Å². The molecule has 0 atom stereocenters. The van der Waals surface area contributed by atoms with Crippen LogP contribution >= 0.6 is 35.3 Å². The van der Waals surface area contributed by atoms with Gasteiger partial charge in [0.15, 0.2) is 11.7 Å². The number of carbonyl (C=O) groups excluding carboxylic acids is 1. The molecule has 1 aromatic heterocycles. The summed E-state index contributed by atoms with van der Waals surface area (Å²) in [5.74, 6) is 0.113. The van der Waals surface area contributed by atoms with Gasteiger partial charge >= 0.3 is 12.1 Å². The highest BCUT2D eigenvalue weighted by Crippen LogP contribution is 2.29. The summed E-state index contributed by atoms with van der Waals surface area (Å²) < 4.78 is 42.2. The first kappa shape index (κ1) is 24.1. The summed E-state index contributed by atoms with van der Waals surface area (Å²) in [4.78, 5) is 19.0. The fourth-order valence-electron chi connectivity index (χ4n) is 2.13. The quantitative estimate of drug-likeness (QED) is 0.260. The lowest BCUT2D eigenvalue weighted by atomic mass is 10.1. The number of hydrogen-bond acceptors (Lipinski definition) is 5. The molecular weight excluding hydrogens is 508 g/mol. The Kier molecular flexibility index (Phi) is 9.65. The second-order valence-electron chi connectivity index (χ2n) is 5.42. The summed E-state index contributed by atoms with van der Waals surface area (Å²) in [6, 6.07) is 6.92. The van der Waals surface area contributed by atoms with Crippen LogP contribution in [0.3, 0.4) is 0 Å². The molecule has 0 spiro atoms. The van der Waals surface area contributed by atoms with Crippen LogP contribution in [0.4, 0.5) is 13.2 Å². The Bertz CT molecular complexity index is 794. The first-order valence-corrected chi connectivity index (χ1v) is 8.85. The van der Waals surface area contributed by atoms with Gasteiger partial charge in [0, 0.05) is 31.9 Å². The number of carbonyl (C=O) groups is 1. The topological polar surface area (TPSA) is 75.6 Å². The summed E-state index contributed by atoms with van der Waals surface area (Å²) in [7, 11) is 2.92. The molecule has 0 aliphatic heterocycles. The number of alkyl halides is 3. The van der Waals surface area contributed by atoms with Crippen LogP contribution in [0.2, 0.25) is 0 Å². The van der Waals surface area contributed by atoms with Crippen LogP contribution in [0.15, 0.2) is 34.6 Å². The number of ether oxygens (including phenoxy) is 1. The van der Waals surface area contributed by atoms with E-state index in [4.69, 9.17) is 0 Å². The lowest BCUT2D eigenvalue weighted by Crippen LogP contribution is -2.37. The highest BCUT2D eigenvalue weighted by Gasteiger charge is 2.33. The smallest absolute Gasteiger partial charge is 0.434 e. The highest BCUT2D eigenvalue weighted by molar-refractivity contribution is 14.0. The zero-order valence-electron chi connectivity index (χ0n) is 15.2. The number of thiazole rings is 1. The molecule has 0 saturated heterocycles. The second kappa shape index (κ2) is 11.2. The van der Waals surface area contributed by atoms with Crippen LogP contribution in [0.1, 0.15) is 26.6 Å². The zero-order valence-corrected chi connectivity index (χ0v) is 18.3. The Morgan fingerprint density at radius 1 is 1.25 bits per heavy atom. The van der Waals surface area contributed by atoms with E-state index in [2.05, 4.69) is 25.3 Å². The molecule has 154 valence electrons. The monoisotopic (exact) mass is 528 g/mol. The van der Waals surface area contributed by atoms with Crippen molar-refractivity contribution in [3.05, 3.63) is 51.5 Å². The Balaban J connectivity index is 0.00000392. The number of aliphatic imine (C=N–C) groups is 1. The number of hydrogen-bond donors (Lipinski definition) is 2. The minimum atomic E-state index is -4.41. The van der Waals surface area contributed by atoms with Crippen LogP contribution in [0.25, 0.3) is 0 Å². The van der Waals surface area contributed by atoms with E-state index in [1.54, 1.807) is 31.3 Å². The fraction of sp³-hybridized carbons (Fsp3) is 0.353. The number of halogens is 4. The van der Waals surface area contributed by atoms with Gasteiger partial charge in [-0.05, 0) is 17.7 Å².